The van der Waals surface area contributed by atoms with Crippen molar-refractivity contribution >= 4 is 0 Å². The zero-order chi connectivity index (χ0) is 9.38. The lowest BCUT2D eigenvalue weighted by molar-refractivity contribution is 0.382. The Morgan fingerprint density at radius 1 is 0.786 bits per heavy atom. The molecule has 72 valence electrons. The summed E-state index contributed by atoms with van der Waals surface area (Å²) in [6.07, 6.45) is 19.2. The molecule has 0 aromatic carbocycles. The molecule has 3 aliphatic carbocycles. The Bertz CT molecular complexity index is 316. The topological polar surface area (TPSA) is 0 Å². The van der Waals surface area contributed by atoms with Gasteiger partial charge in [-0.3, -0.25) is 0 Å². The molecule has 2 unspecified atom stereocenters. The zero-order valence-electron chi connectivity index (χ0n) is 8.45. The van der Waals surface area contributed by atoms with E-state index < -0.39 is 0 Å². The lowest BCUT2D eigenvalue weighted by Gasteiger charge is -2.35. The molecule has 0 heterocycles. The fourth-order valence-corrected chi connectivity index (χ4v) is 2.99. The minimum atomic E-state index is 0.824. The van der Waals surface area contributed by atoms with Gasteiger partial charge in [0, 0.05) is 0 Å². The highest BCUT2D eigenvalue weighted by Crippen LogP contribution is 2.42. The third-order valence-electron chi connectivity index (χ3n) is 3.72. The highest BCUT2D eigenvalue weighted by atomic mass is 14.3. The molecule has 0 aromatic heterocycles. The van der Waals surface area contributed by atoms with E-state index in [4.69, 9.17) is 0 Å². The average molecular weight is 184 g/mol. The van der Waals surface area contributed by atoms with Gasteiger partial charge in [-0.05, 0) is 48.7 Å². The Labute approximate surface area is 85.7 Å². The lowest BCUT2D eigenvalue weighted by Crippen LogP contribution is -2.23. The second-order valence-electron chi connectivity index (χ2n) is 4.51. The fourth-order valence-electron chi connectivity index (χ4n) is 2.99. The van der Waals surface area contributed by atoms with E-state index in [0.717, 1.165) is 11.8 Å². The van der Waals surface area contributed by atoms with E-state index in [2.05, 4.69) is 36.5 Å². The van der Waals surface area contributed by atoms with Crippen LogP contribution in [0.25, 0.3) is 0 Å². The fraction of sp³-hybridized carbons (Fsp3) is 0.429. The number of allylic oxidation sites excluding steroid dienone is 8. The Kier molecular flexibility index (Phi) is 1.93. The third-order valence-corrected chi connectivity index (χ3v) is 3.72. The van der Waals surface area contributed by atoms with Gasteiger partial charge in [0.15, 0.2) is 0 Å². The quantitative estimate of drug-likeness (QED) is 0.537. The molecule has 0 saturated heterocycles. The molecule has 0 radical (unpaired) electrons. The van der Waals surface area contributed by atoms with Crippen molar-refractivity contribution in [1.82, 2.24) is 0 Å². The maximum atomic E-state index is 2.33. The van der Waals surface area contributed by atoms with E-state index in [1.807, 2.05) is 0 Å². The Balaban J connectivity index is 2.01. The summed E-state index contributed by atoms with van der Waals surface area (Å²) < 4.78 is 0. The molecule has 0 aromatic rings. The summed E-state index contributed by atoms with van der Waals surface area (Å²) in [5.41, 5.74) is 3.14. The van der Waals surface area contributed by atoms with Crippen LogP contribution in [0.5, 0.6) is 0 Å². The van der Waals surface area contributed by atoms with E-state index >= 15 is 0 Å². The SMILES string of the molecule is C1=CC2=CC=C3C=CCCC3C2CC1. The standard InChI is InChI=1S/C14H16/c1-3-7-13-11(5-1)9-10-12-6-2-4-8-14(12)13/h1-2,5-6,9-10,13-14H,3-4,7-8H2. The van der Waals surface area contributed by atoms with Gasteiger partial charge in [0.25, 0.3) is 0 Å². The van der Waals surface area contributed by atoms with Crippen molar-refractivity contribution < 1.29 is 0 Å². The zero-order valence-corrected chi connectivity index (χ0v) is 8.45. The summed E-state index contributed by atoms with van der Waals surface area (Å²) in [6, 6.07) is 0. The van der Waals surface area contributed by atoms with Crippen LogP contribution in [0.2, 0.25) is 0 Å². The number of hydrogen-bond donors (Lipinski definition) is 0. The molecule has 0 N–H and O–H groups in total. The van der Waals surface area contributed by atoms with Crippen LogP contribution in [-0.4, -0.2) is 0 Å². The summed E-state index contributed by atoms with van der Waals surface area (Å²) in [6.45, 7) is 0. The van der Waals surface area contributed by atoms with Crippen LogP contribution in [0.15, 0.2) is 47.6 Å². The second kappa shape index (κ2) is 3.27. The van der Waals surface area contributed by atoms with E-state index in [1.165, 1.54) is 25.7 Å². The van der Waals surface area contributed by atoms with Gasteiger partial charge in [0.05, 0.1) is 0 Å². The molecule has 3 aliphatic rings. The monoisotopic (exact) mass is 184 g/mol. The predicted octanol–water partition coefficient (Wildman–Crippen LogP) is 3.79. The first-order valence-corrected chi connectivity index (χ1v) is 5.70. The first kappa shape index (κ1) is 8.28. The smallest absolute Gasteiger partial charge is 0.00901 e. The van der Waals surface area contributed by atoms with Crippen molar-refractivity contribution in [3.63, 3.8) is 0 Å². The summed E-state index contributed by atoms with van der Waals surface area (Å²) >= 11 is 0. The van der Waals surface area contributed by atoms with Gasteiger partial charge >= 0.3 is 0 Å². The van der Waals surface area contributed by atoms with Crippen molar-refractivity contribution in [2.45, 2.75) is 25.7 Å². The molecule has 14 heavy (non-hydrogen) atoms. The van der Waals surface area contributed by atoms with Crippen LogP contribution in [0.3, 0.4) is 0 Å². The van der Waals surface area contributed by atoms with Gasteiger partial charge in [-0.15, -0.1) is 0 Å². The van der Waals surface area contributed by atoms with E-state index in [0.29, 0.717) is 0 Å². The van der Waals surface area contributed by atoms with E-state index in [9.17, 15) is 0 Å². The molecule has 0 amide bonds. The molecule has 0 fully saturated rings. The summed E-state index contributed by atoms with van der Waals surface area (Å²) in [5, 5.41) is 0. The number of rotatable bonds is 0. The van der Waals surface area contributed by atoms with Gasteiger partial charge in [-0.25, -0.2) is 0 Å². The first-order chi connectivity index (χ1) is 6.95. The Morgan fingerprint density at radius 3 is 1.79 bits per heavy atom. The van der Waals surface area contributed by atoms with Crippen LogP contribution in [0, 0.1) is 11.8 Å². The molecule has 0 bridgehead atoms. The Morgan fingerprint density at radius 2 is 1.29 bits per heavy atom. The lowest BCUT2D eigenvalue weighted by atomic mass is 9.70. The molecule has 2 atom stereocenters. The molecule has 0 heteroatoms. The number of fused-ring (bicyclic) bond motifs is 3. The van der Waals surface area contributed by atoms with Crippen LogP contribution < -0.4 is 0 Å². The van der Waals surface area contributed by atoms with Crippen molar-refractivity contribution in [3.05, 3.63) is 47.6 Å². The molecule has 0 aliphatic heterocycles. The van der Waals surface area contributed by atoms with E-state index in [1.54, 1.807) is 11.1 Å². The molecule has 0 spiro atoms. The van der Waals surface area contributed by atoms with Crippen molar-refractivity contribution in [2.24, 2.45) is 11.8 Å². The largest absolute Gasteiger partial charge is 0.0842 e. The predicted molar refractivity (Wildman–Crippen MR) is 59.9 cm³/mol. The maximum Gasteiger partial charge on any atom is -0.00901 e. The highest BCUT2D eigenvalue weighted by Gasteiger charge is 2.29. The van der Waals surface area contributed by atoms with Gasteiger partial charge in [0.2, 0.25) is 0 Å². The highest BCUT2D eigenvalue weighted by molar-refractivity contribution is 5.41. The van der Waals surface area contributed by atoms with Gasteiger partial charge < -0.3 is 0 Å². The maximum absolute atomic E-state index is 2.33. The molecule has 0 nitrogen and oxygen atoms in total. The normalized spacial score (nSPS) is 34.3. The van der Waals surface area contributed by atoms with Crippen molar-refractivity contribution in [2.75, 3.05) is 0 Å². The van der Waals surface area contributed by atoms with Crippen molar-refractivity contribution in [1.29, 1.82) is 0 Å². The average Bonchev–Trinajstić information content (AvgIpc) is 2.29. The molecular formula is C14H16. The minimum Gasteiger partial charge on any atom is -0.0842 e. The van der Waals surface area contributed by atoms with Gasteiger partial charge in [0.1, 0.15) is 0 Å². The van der Waals surface area contributed by atoms with E-state index in [-0.39, 0.29) is 0 Å². The summed E-state index contributed by atoms with van der Waals surface area (Å²) in [7, 11) is 0. The van der Waals surface area contributed by atoms with Crippen LogP contribution in [-0.2, 0) is 0 Å². The van der Waals surface area contributed by atoms with Crippen molar-refractivity contribution in [3.8, 4) is 0 Å². The van der Waals surface area contributed by atoms with Crippen LogP contribution in [0.1, 0.15) is 25.7 Å². The van der Waals surface area contributed by atoms with Crippen LogP contribution >= 0.6 is 0 Å². The van der Waals surface area contributed by atoms with Gasteiger partial charge in [-0.1, -0.05) is 36.5 Å². The molecular weight excluding hydrogens is 168 g/mol. The minimum absolute atomic E-state index is 0.824. The Hall–Kier alpha value is -1.04. The summed E-state index contributed by atoms with van der Waals surface area (Å²) in [4.78, 5) is 0. The second-order valence-corrected chi connectivity index (χ2v) is 4.51. The molecule has 3 rings (SSSR count). The van der Waals surface area contributed by atoms with Gasteiger partial charge in [-0.2, -0.15) is 0 Å². The third kappa shape index (κ3) is 1.21. The molecule has 0 saturated carbocycles. The van der Waals surface area contributed by atoms with Crippen LogP contribution in [0.4, 0.5) is 0 Å². The summed E-state index contributed by atoms with van der Waals surface area (Å²) in [5.74, 6) is 1.65. The number of hydrogen-bond acceptors (Lipinski definition) is 0. The first-order valence-electron chi connectivity index (χ1n) is 5.70.